The molecule has 0 saturated carbocycles. The van der Waals surface area contributed by atoms with Crippen molar-refractivity contribution in [1.29, 1.82) is 0 Å². The summed E-state index contributed by atoms with van der Waals surface area (Å²) in [5, 5.41) is 17.7. The molecule has 10 heteroatoms. The third-order valence-electron chi connectivity index (χ3n) is 5.96. The van der Waals surface area contributed by atoms with Crippen LogP contribution in [0.2, 0.25) is 0 Å². The Bertz CT molecular complexity index is 1400. The van der Waals surface area contributed by atoms with E-state index in [9.17, 15) is 14.9 Å². The van der Waals surface area contributed by atoms with Crippen LogP contribution in [-0.2, 0) is 5.54 Å². The predicted molar refractivity (Wildman–Crippen MR) is 128 cm³/mol. The molecule has 0 aliphatic rings. The number of carbonyl (C=O) groups is 1. The minimum Gasteiger partial charge on any atom is -0.321 e. The molecule has 0 aliphatic heterocycles. The molecule has 0 saturated heterocycles. The average Bonchev–Trinajstić information content (AvgIpc) is 3.36. The standard InChI is InChI=1S/C26H21F3N4O3/c1-17-14-21(15-18(2)23(17)31-24(34)19-8-6-11-22(16-19)33(35)36)25(26(27,28)29,32-13-7-12-30-32)20-9-4-3-5-10-20/h3-16H,1-2H3,(H,31,34). The van der Waals surface area contributed by atoms with Gasteiger partial charge in [0.1, 0.15) is 0 Å². The summed E-state index contributed by atoms with van der Waals surface area (Å²) in [6, 6.07) is 16.9. The maximum atomic E-state index is 15.0. The Hall–Kier alpha value is -4.47. The minimum atomic E-state index is -4.77. The molecule has 1 heterocycles. The van der Waals surface area contributed by atoms with Gasteiger partial charge in [0.05, 0.1) is 4.92 Å². The SMILES string of the molecule is Cc1cc(C(c2ccccc2)(n2cccn2)C(F)(F)F)cc(C)c1NC(=O)c1cccc([N+](=O)[O-])c1. The quantitative estimate of drug-likeness (QED) is 0.262. The number of nitro benzene ring substituents is 1. The fraction of sp³-hybridized carbons (Fsp3) is 0.154. The predicted octanol–water partition coefficient (Wildman–Crippen LogP) is 6.01. The summed E-state index contributed by atoms with van der Waals surface area (Å²) in [5.41, 5.74) is -1.81. The number of halogens is 3. The van der Waals surface area contributed by atoms with E-state index < -0.39 is 22.5 Å². The van der Waals surface area contributed by atoms with Gasteiger partial charge in [0, 0.05) is 35.8 Å². The number of benzene rings is 3. The molecule has 3 aromatic carbocycles. The summed E-state index contributed by atoms with van der Waals surface area (Å²) in [6.45, 7) is 3.18. The second-order valence-corrected chi connectivity index (χ2v) is 8.27. The molecule has 0 spiro atoms. The summed E-state index contributed by atoms with van der Waals surface area (Å²) >= 11 is 0. The molecule has 1 aromatic heterocycles. The monoisotopic (exact) mass is 494 g/mol. The molecular formula is C26H21F3N4O3. The lowest BCUT2D eigenvalue weighted by molar-refractivity contribution is -0.384. The van der Waals surface area contributed by atoms with E-state index >= 15 is 13.2 Å². The van der Waals surface area contributed by atoms with Gasteiger partial charge in [0.25, 0.3) is 11.6 Å². The van der Waals surface area contributed by atoms with Gasteiger partial charge >= 0.3 is 6.18 Å². The Morgan fingerprint density at radius 1 is 0.944 bits per heavy atom. The van der Waals surface area contributed by atoms with E-state index in [1.807, 2.05) is 0 Å². The Morgan fingerprint density at radius 2 is 1.61 bits per heavy atom. The van der Waals surface area contributed by atoms with Gasteiger partial charge < -0.3 is 5.32 Å². The van der Waals surface area contributed by atoms with Crippen molar-refractivity contribution in [3.8, 4) is 0 Å². The van der Waals surface area contributed by atoms with E-state index in [-0.39, 0.29) is 22.4 Å². The van der Waals surface area contributed by atoms with Gasteiger partial charge in [-0.05, 0) is 48.2 Å². The number of nitrogens with one attached hydrogen (secondary N) is 1. The van der Waals surface area contributed by atoms with Crippen LogP contribution in [0.25, 0.3) is 0 Å². The van der Waals surface area contributed by atoms with Gasteiger partial charge in [0.15, 0.2) is 0 Å². The Kier molecular flexibility index (Phi) is 6.36. The molecule has 0 bridgehead atoms. The minimum absolute atomic E-state index is 0.0200. The maximum Gasteiger partial charge on any atom is 0.422 e. The van der Waals surface area contributed by atoms with Crippen LogP contribution < -0.4 is 5.32 Å². The van der Waals surface area contributed by atoms with Gasteiger partial charge in [-0.15, -0.1) is 0 Å². The molecule has 184 valence electrons. The maximum absolute atomic E-state index is 15.0. The van der Waals surface area contributed by atoms with Crippen LogP contribution in [0.5, 0.6) is 0 Å². The second kappa shape index (κ2) is 9.29. The number of hydrogen-bond acceptors (Lipinski definition) is 4. The summed E-state index contributed by atoms with van der Waals surface area (Å²) in [4.78, 5) is 23.2. The van der Waals surface area contributed by atoms with E-state index in [2.05, 4.69) is 10.4 Å². The average molecular weight is 494 g/mol. The third-order valence-corrected chi connectivity index (χ3v) is 5.96. The first-order valence-corrected chi connectivity index (χ1v) is 10.9. The van der Waals surface area contributed by atoms with Crippen molar-refractivity contribution >= 4 is 17.3 Å². The third kappa shape index (κ3) is 4.21. The Morgan fingerprint density at radius 3 is 2.17 bits per heavy atom. The number of aromatic nitrogens is 2. The number of nitro groups is 1. The van der Waals surface area contributed by atoms with Crippen LogP contribution in [0.3, 0.4) is 0 Å². The number of anilines is 1. The number of amides is 1. The van der Waals surface area contributed by atoms with E-state index in [1.54, 1.807) is 19.9 Å². The first kappa shape index (κ1) is 24.6. The largest absolute Gasteiger partial charge is 0.422 e. The van der Waals surface area contributed by atoms with Crippen molar-refractivity contribution in [3.63, 3.8) is 0 Å². The van der Waals surface area contributed by atoms with Crippen molar-refractivity contribution < 1.29 is 22.9 Å². The highest BCUT2D eigenvalue weighted by Gasteiger charge is 2.59. The molecule has 1 atom stereocenters. The van der Waals surface area contributed by atoms with Crippen molar-refractivity contribution in [2.24, 2.45) is 0 Å². The highest BCUT2D eigenvalue weighted by Crippen LogP contribution is 2.48. The fourth-order valence-corrected chi connectivity index (χ4v) is 4.35. The van der Waals surface area contributed by atoms with Crippen LogP contribution in [0.4, 0.5) is 24.5 Å². The molecule has 0 aliphatic carbocycles. The van der Waals surface area contributed by atoms with Gasteiger partial charge in [-0.25, -0.2) is 4.68 Å². The van der Waals surface area contributed by atoms with Crippen LogP contribution in [0.1, 0.15) is 32.6 Å². The molecule has 7 nitrogen and oxygen atoms in total. The molecule has 4 aromatic rings. The Labute approximate surface area is 204 Å². The van der Waals surface area contributed by atoms with Crippen molar-refractivity contribution in [2.75, 3.05) is 5.32 Å². The highest BCUT2D eigenvalue weighted by molar-refractivity contribution is 6.05. The van der Waals surface area contributed by atoms with E-state index in [0.717, 1.165) is 10.7 Å². The number of nitrogens with zero attached hydrogens (tertiary/aromatic N) is 3. The zero-order valence-corrected chi connectivity index (χ0v) is 19.3. The zero-order valence-electron chi connectivity index (χ0n) is 19.3. The number of rotatable bonds is 6. The van der Waals surface area contributed by atoms with Gasteiger partial charge in [-0.1, -0.05) is 48.5 Å². The number of alkyl halides is 3. The second-order valence-electron chi connectivity index (χ2n) is 8.27. The molecule has 1 amide bonds. The topological polar surface area (TPSA) is 90.1 Å². The van der Waals surface area contributed by atoms with Gasteiger partial charge in [0.2, 0.25) is 5.54 Å². The van der Waals surface area contributed by atoms with Gasteiger partial charge in [-0.3, -0.25) is 14.9 Å². The number of aryl methyl sites for hydroxylation is 2. The van der Waals surface area contributed by atoms with E-state index in [1.165, 1.54) is 73.1 Å². The fourth-order valence-electron chi connectivity index (χ4n) is 4.35. The lowest BCUT2D eigenvalue weighted by atomic mass is 9.80. The molecule has 1 unspecified atom stereocenters. The number of non-ortho nitro benzene ring substituents is 1. The summed E-state index contributed by atoms with van der Waals surface area (Å²) in [6.07, 6.45) is -2.22. The van der Waals surface area contributed by atoms with E-state index in [4.69, 9.17) is 0 Å². The van der Waals surface area contributed by atoms with E-state index in [0.29, 0.717) is 16.8 Å². The summed E-state index contributed by atoms with van der Waals surface area (Å²) in [5.74, 6) is -0.616. The van der Waals surface area contributed by atoms with Crippen LogP contribution in [0.15, 0.2) is 85.2 Å². The first-order chi connectivity index (χ1) is 17.1. The summed E-state index contributed by atoms with van der Waals surface area (Å²) < 4.78 is 46.0. The van der Waals surface area contributed by atoms with Crippen molar-refractivity contribution in [3.05, 3.63) is 123 Å². The smallest absolute Gasteiger partial charge is 0.321 e. The lowest BCUT2D eigenvalue weighted by Crippen LogP contribution is -2.50. The number of carbonyl (C=O) groups excluding carboxylic acids is 1. The van der Waals surface area contributed by atoms with Crippen molar-refractivity contribution in [1.82, 2.24) is 9.78 Å². The molecule has 1 N–H and O–H groups in total. The molecule has 0 radical (unpaired) electrons. The van der Waals surface area contributed by atoms with Crippen LogP contribution in [-0.4, -0.2) is 26.8 Å². The van der Waals surface area contributed by atoms with Gasteiger partial charge in [-0.2, -0.15) is 18.3 Å². The molecule has 0 fully saturated rings. The summed E-state index contributed by atoms with van der Waals surface area (Å²) in [7, 11) is 0. The number of hydrogen-bond donors (Lipinski definition) is 1. The molecular weight excluding hydrogens is 473 g/mol. The highest BCUT2D eigenvalue weighted by atomic mass is 19.4. The lowest BCUT2D eigenvalue weighted by Gasteiger charge is -2.37. The molecule has 4 rings (SSSR count). The first-order valence-electron chi connectivity index (χ1n) is 10.9. The normalized spacial score (nSPS) is 13.1. The van der Waals surface area contributed by atoms with Crippen molar-refractivity contribution in [2.45, 2.75) is 25.6 Å². The molecule has 36 heavy (non-hydrogen) atoms. The Balaban J connectivity index is 1.84. The van der Waals surface area contributed by atoms with Crippen LogP contribution in [0, 0.1) is 24.0 Å². The van der Waals surface area contributed by atoms with Crippen LogP contribution >= 0.6 is 0 Å². The zero-order chi connectivity index (χ0) is 26.1.